The second-order valence-electron chi connectivity index (χ2n) is 6.21. The first kappa shape index (κ1) is 15.4. The van der Waals surface area contributed by atoms with Gasteiger partial charge in [-0.25, -0.2) is 0 Å². The minimum atomic E-state index is 0.610. The summed E-state index contributed by atoms with van der Waals surface area (Å²) >= 11 is 5.92. The van der Waals surface area contributed by atoms with Gasteiger partial charge in [-0.2, -0.15) is 0 Å². The number of fused-ring (bicyclic) bond motifs is 1. The molecule has 3 heterocycles. The molecule has 5 nitrogen and oxygen atoms in total. The van der Waals surface area contributed by atoms with Gasteiger partial charge in [0.2, 0.25) is 0 Å². The van der Waals surface area contributed by atoms with Crippen LogP contribution in [0.15, 0.2) is 47.1 Å². The van der Waals surface area contributed by atoms with Crippen molar-refractivity contribution in [3.05, 3.63) is 59.3 Å². The Labute approximate surface area is 145 Å². The van der Waals surface area contributed by atoms with E-state index in [1.165, 1.54) is 0 Å². The first-order chi connectivity index (χ1) is 11.8. The number of aryl methyl sites for hydroxylation is 1. The van der Waals surface area contributed by atoms with Crippen molar-refractivity contribution in [2.24, 2.45) is 5.92 Å². The van der Waals surface area contributed by atoms with E-state index in [2.05, 4.69) is 20.1 Å². The molecule has 3 aromatic rings. The highest BCUT2D eigenvalue weighted by atomic mass is 35.5. The Kier molecular flexibility index (Phi) is 4.36. The van der Waals surface area contributed by atoms with E-state index >= 15 is 0 Å². The van der Waals surface area contributed by atoms with E-state index in [0.29, 0.717) is 5.92 Å². The molecule has 0 bridgehead atoms. The van der Waals surface area contributed by atoms with Gasteiger partial charge in [-0.3, -0.25) is 0 Å². The first-order valence-corrected chi connectivity index (χ1v) is 8.58. The van der Waals surface area contributed by atoms with Crippen molar-refractivity contribution in [3.8, 4) is 11.3 Å². The monoisotopic (exact) mass is 342 g/mol. The molecule has 1 N–H and O–H groups in total. The number of aromatic nitrogens is 3. The second-order valence-corrected chi connectivity index (χ2v) is 6.64. The summed E-state index contributed by atoms with van der Waals surface area (Å²) in [5.74, 6) is 3.53. The fraction of sp³-hybridized carbons (Fsp3) is 0.333. The maximum atomic E-state index is 5.92. The third kappa shape index (κ3) is 3.37. The fourth-order valence-corrected chi connectivity index (χ4v) is 3.26. The molecule has 0 radical (unpaired) electrons. The highest BCUT2D eigenvalue weighted by Crippen LogP contribution is 2.24. The van der Waals surface area contributed by atoms with Crippen molar-refractivity contribution in [1.82, 2.24) is 20.1 Å². The van der Waals surface area contributed by atoms with Crippen LogP contribution in [0.4, 0.5) is 0 Å². The maximum absolute atomic E-state index is 5.92. The van der Waals surface area contributed by atoms with E-state index in [1.54, 1.807) is 0 Å². The number of rotatable bonds is 5. The van der Waals surface area contributed by atoms with E-state index in [4.69, 9.17) is 16.0 Å². The molecular weight excluding hydrogens is 324 g/mol. The molecule has 0 amide bonds. The van der Waals surface area contributed by atoms with E-state index in [-0.39, 0.29) is 0 Å². The molecular formula is C18H19ClN4O. The van der Waals surface area contributed by atoms with E-state index < -0.39 is 0 Å². The van der Waals surface area contributed by atoms with Gasteiger partial charge >= 0.3 is 0 Å². The van der Waals surface area contributed by atoms with Gasteiger partial charge in [0.1, 0.15) is 23.7 Å². The summed E-state index contributed by atoms with van der Waals surface area (Å²) in [4.78, 5) is 0. The van der Waals surface area contributed by atoms with Crippen molar-refractivity contribution < 1.29 is 4.42 Å². The molecule has 6 heteroatoms. The third-order valence-electron chi connectivity index (χ3n) is 4.45. The van der Waals surface area contributed by atoms with Crippen LogP contribution in [0.2, 0.25) is 5.02 Å². The zero-order valence-electron chi connectivity index (χ0n) is 13.3. The molecule has 1 aromatic carbocycles. The lowest BCUT2D eigenvalue weighted by atomic mass is 9.99. The SMILES string of the molecule is Clc1ccc(-c2ccc(CNC[C@@H]3CCc4nncn4C3)o2)cc1. The van der Waals surface area contributed by atoms with Crippen LogP contribution in [0.5, 0.6) is 0 Å². The summed E-state index contributed by atoms with van der Waals surface area (Å²) in [6.45, 7) is 2.69. The first-order valence-electron chi connectivity index (χ1n) is 8.20. The summed E-state index contributed by atoms with van der Waals surface area (Å²) in [6, 6.07) is 11.7. The molecule has 1 aliphatic heterocycles. The smallest absolute Gasteiger partial charge is 0.134 e. The largest absolute Gasteiger partial charge is 0.460 e. The number of halogens is 1. The zero-order valence-corrected chi connectivity index (χ0v) is 14.0. The van der Waals surface area contributed by atoms with Gasteiger partial charge in [-0.05, 0) is 48.7 Å². The molecule has 0 saturated carbocycles. The van der Waals surface area contributed by atoms with Crippen LogP contribution in [0.1, 0.15) is 18.0 Å². The highest BCUT2D eigenvalue weighted by Gasteiger charge is 2.19. The molecule has 0 aliphatic carbocycles. The van der Waals surface area contributed by atoms with Crippen LogP contribution in [-0.2, 0) is 19.5 Å². The van der Waals surface area contributed by atoms with Crippen LogP contribution >= 0.6 is 11.6 Å². The van der Waals surface area contributed by atoms with Gasteiger partial charge < -0.3 is 14.3 Å². The minimum Gasteiger partial charge on any atom is -0.460 e. The van der Waals surface area contributed by atoms with E-state index in [9.17, 15) is 0 Å². The van der Waals surface area contributed by atoms with Crippen LogP contribution in [0, 0.1) is 5.92 Å². The topological polar surface area (TPSA) is 55.9 Å². The normalized spacial score (nSPS) is 17.0. The lowest BCUT2D eigenvalue weighted by Crippen LogP contribution is -2.29. The Morgan fingerprint density at radius 2 is 2.08 bits per heavy atom. The number of hydrogen-bond donors (Lipinski definition) is 1. The summed E-state index contributed by atoms with van der Waals surface area (Å²) in [6.07, 6.45) is 3.99. The summed E-state index contributed by atoms with van der Waals surface area (Å²) < 4.78 is 8.07. The Morgan fingerprint density at radius 1 is 1.21 bits per heavy atom. The average molecular weight is 343 g/mol. The molecule has 1 aliphatic rings. The molecule has 0 saturated heterocycles. The van der Waals surface area contributed by atoms with Gasteiger partial charge in [0.25, 0.3) is 0 Å². The summed E-state index contributed by atoms with van der Waals surface area (Å²) in [5, 5.41) is 12.3. The van der Waals surface area contributed by atoms with Crippen molar-refractivity contribution >= 4 is 11.6 Å². The Morgan fingerprint density at radius 3 is 2.96 bits per heavy atom. The van der Waals surface area contributed by atoms with Crippen molar-refractivity contribution in [3.63, 3.8) is 0 Å². The van der Waals surface area contributed by atoms with Gasteiger partial charge in [0, 0.05) is 30.1 Å². The molecule has 0 fully saturated rings. The fourth-order valence-electron chi connectivity index (χ4n) is 3.14. The standard InChI is InChI=1S/C18H19ClN4O/c19-15-4-2-14(3-5-15)17-7-6-16(24-17)10-20-9-13-1-8-18-22-21-12-23(18)11-13/h2-7,12-13,20H,1,8-11H2/t13-/m0/s1. The lowest BCUT2D eigenvalue weighted by Gasteiger charge is -2.23. The maximum Gasteiger partial charge on any atom is 0.134 e. The molecule has 0 spiro atoms. The summed E-state index contributed by atoms with van der Waals surface area (Å²) in [7, 11) is 0. The Balaban J connectivity index is 1.30. The Bertz CT molecular complexity index is 809. The van der Waals surface area contributed by atoms with E-state index in [1.807, 2.05) is 42.7 Å². The number of benzene rings is 1. The number of furan rings is 1. The van der Waals surface area contributed by atoms with Crippen molar-refractivity contribution in [2.75, 3.05) is 6.54 Å². The minimum absolute atomic E-state index is 0.610. The second kappa shape index (κ2) is 6.79. The quantitative estimate of drug-likeness (QED) is 0.770. The van der Waals surface area contributed by atoms with Crippen molar-refractivity contribution in [1.29, 1.82) is 0 Å². The average Bonchev–Trinajstić information content (AvgIpc) is 3.24. The zero-order chi connectivity index (χ0) is 16.4. The molecule has 24 heavy (non-hydrogen) atoms. The molecule has 124 valence electrons. The van der Waals surface area contributed by atoms with Crippen molar-refractivity contribution in [2.45, 2.75) is 25.9 Å². The number of nitrogens with one attached hydrogen (secondary N) is 1. The van der Waals surface area contributed by atoms with Gasteiger partial charge in [-0.15, -0.1) is 10.2 Å². The predicted octanol–water partition coefficient (Wildman–Crippen LogP) is 3.54. The molecule has 4 rings (SSSR count). The van der Waals surface area contributed by atoms with Gasteiger partial charge in [-0.1, -0.05) is 11.6 Å². The highest BCUT2D eigenvalue weighted by molar-refractivity contribution is 6.30. The van der Waals surface area contributed by atoms with Crippen LogP contribution < -0.4 is 5.32 Å². The predicted molar refractivity (Wildman–Crippen MR) is 92.7 cm³/mol. The molecule has 1 atom stereocenters. The van der Waals surface area contributed by atoms with Crippen LogP contribution in [0.25, 0.3) is 11.3 Å². The third-order valence-corrected chi connectivity index (χ3v) is 4.70. The van der Waals surface area contributed by atoms with E-state index in [0.717, 1.165) is 60.4 Å². The van der Waals surface area contributed by atoms with Crippen LogP contribution in [0.3, 0.4) is 0 Å². The van der Waals surface area contributed by atoms with Gasteiger partial charge in [0.05, 0.1) is 6.54 Å². The Hall–Kier alpha value is -2.11. The van der Waals surface area contributed by atoms with Gasteiger partial charge in [0.15, 0.2) is 0 Å². The number of hydrogen-bond acceptors (Lipinski definition) is 4. The van der Waals surface area contributed by atoms with Crippen LogP contribution in [-0.4, -0.2) is 21.3 Å². The lowest BCUT2D eigenvalue weighted by molar-refractivity contribution is 0.342. The summed E-state index contributed by atoms with van der Waals surface area (Å²) in [5.41, 5.74) is 1.04. The molecule has 2 aromatic heterocycles. The number of nitrogens with zero attached hydrogens (tertiary/aromatic N) is 3. The molecule has 0 unspecified atom stereocenters.